The molecular formula is C24H26ClNO3. The molecule has 0 aliphatic heterocycles. The predicted molar refractivity (Wildman–Crippen MR) is 117 cm³/mol. The van der Waals surface area contributed by atoms with Crippen LogP contribution in [0.5, 0.6) is 5.75 Å². The maximum atomic E-state index is 12.8. The molecule has 0 aliphatic rings. The fourth-order valence-electron chi connectivity index (χ4n) is 2.90. The first kappa shape index (κ1) is 22.5. The van der Waals surface area contributed by atoms with Gasteiger partial charge in [0.15, 0.2) is 0 Å². The fraction of sp³-hybridized carbons (Fsp3) is 0.208. The van der Waals surface area contributed by atoms with Crippen LogP contribution >= 0.6 is 12.4 Å². The maximum Gasteiger partial charge on any atom is 0.342 e. The summed E-state index contributed by atoms with van der Waals surface area (Å²) in [5.41, 5.74) is 9.28. The lowest BCUT2D eigenvalue weighted by Crippen LogP contribution is -2.18. The molecule has 5 heteroatoms. The van der Waals surface area contributed by atoms with Gasteiger partial charge in [-0.15, -0.1) is 12.4 Å². The number of carbonyl (C=O) groups excluding carboxylic acids is 1. The van der Waals surface area contributed by atoms with Crippen molar-refractivity contribution in [1.82, 2.24) is 0 Å². The molecule has 29 heavy (non-hydrogen) atoms. The van der Waals surface area contributed by atoms with Gasteiger partial charge in [0, 0.05) is 6.04 Å². The Morgan fingerprint density at radius 1 is 0.862 bits per heavy atom. The Hall–Kier alpha value is -2.82. The van der Waals surface area contributed by atoms with Crippen LogP contribution in [0.15, 0.2) is 78.9 Å². The molecule has 3 aromatic rings. The molecule has 1 unspecified atom stereocenters. The zero-order valence-corrected chi connectivity index (χ0v) is 17.2. The second-order valence-corrected chi connectivity index (χ2v) is 6.85. The third kappa shape index (κ3) is 6.93. The van der Waals surface area contributed by atoms with Gasteiger partial charge in [0.2, 0.25) is 0 Å². The molecule has 1 atom stereocenters. The van der Waals surface area contributed by atoms with E-state index in [0.29, 0.717) is 24.3 Å². The van der Waals surface area contributed by atoms with E-state index in [1.807, 2.05) is 85.8 Å². The topological polar surface area (TPSA) is 61.5 Å². The average Bonchev–Trinajstić information content (AvgIpc) is 2.72. The van der Waals surface area contributed by atoms with E-state index in [1.165, 1.54) is 0 Å². The molecule has 3 rings (SSSR count). The van der Waals surface area contributed by atoms with Crippen molar-refractivity contribution < 1.29 is 14.3 Å². The van der Waals surface area contributed by atoms with Crippen LogP contribution in [0.1, 0.15) is 34.0 Å². The number of benzene rings is 3. The van der Waals surface area contributed by atoms with Gasteiger partial charge in [-0.3, -0.25) is 0 Å². The van der Waals surface area contributed by atoms with Crippen molar-refractivity contribution in [2.45, 2.75) is 32.6 Å². The molecule has 0 spiro atoms. The van der Waals surface area contributed by atoms with Gasteiger partial charge >= 0.3 is 5.97 Å². The molecule has 0 bridgehead atoms. The summed E-state index contributed by atoms with van der Waals surface area (Å²) in [4.78, 5) is 12.8. The van der Waals surface area contributed by atoms with Crippen LogP contribution in [-0.2, 0) is 24.4 Å². The normalized spacial score (nSPS) is 11.2. The molecule has 0 aliphatic carbocycles. The molecule has 0 amide bonds. The van der Waals surface area contributed by atoms with E-state index in [-0.39, 0.29) is 25.1 Å². The first-order valence-corrected chi connectivity index (χ1v) is 9.38. The van der Waals surface area contributed by atoms with Crippen molar-refractivity contribution in [3.63, 3.8) is 0 Å². The van der Waals surface area contributed by atoms with Gasteiger partial charge in [0.25, 0.3) is 0 Å². The van der Waals surface area contributed by atoms with Crippen molar-refractivity contribution in [1.29, 1.82) is 0 Å². The van der Waals surface area contributed by atoms with Crippen LogP contribution in [0.4, 0.5) is 0 Å². The van der Waals surface area contributed by atoms with Gasteiger partial charge in [-0.2, -0.15) is 0 Å². The lowest BCUT2D eigenvalue weighted by molar-refractivity contribution is 0.0467. The third-order valence-corrected chi connectivity index (χ3v) is 4.27. The van der Waals surface area contributed by atoms with Crippen molar-refractivity contribution >= 4 is 18.4 Å². The Bertz CT molecular complexity index is 899. The summed E-state index contributed by atoms with van der Waals surface area (Å²) in [5, 5.41) is 0. The smallest absolute Gasteiger partial charge is 0.342 e. The van der Waals surface area contributed by atoms with E-state index in [2.05, 4.69) is 0 Å². The summed E-state index contributed by atoms with van der Waals surface area (Å²) in [6.45, 7) is 2.54. The van der Waals surface area contributed by atoms with Crippen LogP contribution in [0.25, 0.3) is 0 Å². The molecule has 4 nitrogen and oxygen atoms in total. The number of rotatable bonds is 8. The number of ether oxygens (including phenoxy) is 2. The third-order valence-electron chi connectivity index (χ3n) is 4.27. The van der Waals surface area contributed by atoms with Gasteiger partial charge in [0.1, 0.15) is 24.5 Å². The SMILES string of the molecule is CC(N)Cc1ccc(OCc2ccccc2)c(C(=O)OCc2ccccc2)c1.Cl. The number of halogens is 1. The largest absolute Gasteiger partial charge is 0.488 e. The van der Waals surface area contributed by atoms with Crippen molar-refractivity contribution in [3.05, 3.63) is 101 Å². The van der Waals surface area contributed by atoms with Crippen molar-refractivity contribution in [2.75, 3.05) is 0 Å². The number of esters is 1. The molecule has 0 fully saturated rings. The second kappa shape index (κ2) is 11.2. The minimum atomic E-state index is -0.404. The molecule has 3 aromatic carbocycles. The average molecular weight is 412 g/mol. The highest BCUT2D eigenvalue weighted by Gasteiger charge is 2.16. The number of hydrogen-bond donors (Lipinski definition) is 1. The highest BCUT2D eigenvalue weighted by molar-refractivity contribution is 5.92. The van der Waals surface area contributed by atoms with E-state index < -0.39 is 5.97 Å². The van der Waals surface area contributed by atoms with Crippen LogP contribution in [-0.4, -0.2) is 12.0 Å². The molecule has 0 heterocycles. The van der Waals surface area contributed by atoms with Gasteiger partial charge in [-0.05, 0) is 42.2 Å². The van der Waals surface area contributed by atoms with Gasteiger partial charge in [-0.25, -0.2) is 4.79 Å². The van der Waals surface area contributed by atoms with E-state index in [9.17, 15) is 4.79 Å². The maximum absolute atomic E-state index is 12.8. The Morgan fingerprint density at radius 3 is 2.03 bits per heavy atom. The van der Waals surface area contributed by atoms with Crippen molar-refractivity contribution in [2.24, 2.45) is 5.73 Å². The minimum absolute atomic E-state index is 0. The molecule has 0 saturated carbocycles. The Morgan fingerprint density at radius 2 is 1.45 bits per heavy atom. The van der Waals surface area contributed by atoms with E-state index in [1.54, 1.807) is 0 Å². The van der Waals surface area contributed by atoms with Crippen LogP contribution in [0.2, 0.25) is 0 Å². The van der Waals surface area contributed by atoms with E-state index in [0.717, 1.165) is 16.7 Å². The standard InChI is InChI=1S/C24H25NO3.ClH/c1-18(25)14-21-12-13-23(27-16-19-8-4-2-5-9-19)22(15-21)24(26)28-17-20-10-6-3-7-11-20;/h2-13,15,18H,14,16-17,25H2,1H3;1H. The highest BCUT2D eigenvalue weighted by atomic mass is 35.5. The van der Waals surface area contributed by atoms with Crippen LogP contribution in [0, 0.1) is 0 Å². The Kier molecular flexibility index (Phi) is 8.71. The van der Waals surface area contributed by atoms with Gasteiger partial charge < -0.3 is 15.2 Å². The number of hydrogen-bond acceptors (Lipinski definition) is 4. The fourth-order valence-corrected chi connectivity index (χ4v) is 2.90. The minimum Gasteiger partial charge on any atom is -0.488 e. The zero-order chi connectivity index (χ0) is 19.8. The summed E-state index contributed by atoms with van der Waals surface area (Å²) in [7, 11) is 0. The monoisotopic (exact) mass is 411 g/mol. The quantitative estimate of drug-likeness (QED) is 0.533. The summed E-state index contributed by atoms with van der Waals surface area (Å²) >= 11 is 0. The summed E-state index contributed by atoms with van der Waals surface area (Å²) in [6.07, 6.45) is 0.679. The predicted octanol–water partition coefficient (Wildman–Crippen LogP) is 4.93. The van der Waals surface area contributed by atoms with Crippen molar-refractivity contribution in [3.8, 4) is 5.75 Å². The molecule has 2 N–H and O–H groups in total. The highest BCUT2D eigenvalue weighted by Crippen LogP contribution is 2.24. The van der Waals surface area contributed by atoms with Gasteiger partial charge in [0.05, 0.1) is 0 Å². The van der Waals surface area contributed by atoms with E-state index >= 15 is 0 Å². The molecular weight excluding hydrogens is 386 g/mol. The second-order valence-electron chi connectivity index (χ2n) is 6.85. The number of carbonyl (C=O) groups is 1. The summed E-state index contributed by atoms with van der Waals surface area (Å²) < 4.78 is 11.4. The number of nitrogens with two attached hydrogens (primary N) is 1. The lowest BCUT2D eigenvalue weighted by atomic mass is 10.0. The van der Waals surface area contributed by atoms with Crippen LogP contribution in [0.3, 0.4) is 0 Å². The zero-order valence-electron chi connectivity index (χ0n) is 16.4. The molecule has 0 aromatic heterocycles. The summed E-state index contributed by atoms with van der Waals surface area (Å²) in [5.74, 6) is 0.105. The Balaban J connectivity index is 0.00000300. The van der Waals surface area contributed by atoms with Gasteiger partial charge in [-0.1, -0.05) is 66.7 Å². The Labute approximate surface area is 178 Å². The lowest BCUT2D eigenvalue weighted by Gasteiger charge is -2.14. The molecule has 0 radical (unpaired) electrons. The van der Waals surface area contributed by atoms with E-state index in [4.69, 9.17) is 15.2 Å². The first-order valence-electron chi connectivity index (χ1n) is 9.38. The molecule has 152 valence electrons. The van der Waals surface area contributed by atoms with Crippen LogP contribution < -0.4 is 10.5 Å². The summed E-state index contributed by atoms with van der Waals surface area (Å²) in [6, 6.07) is 25.0. The molecule has 0 saturated heterocycles. The first-order chi connectivity index (χ1) is 13.6.